The number of hydrogen-bond donors (Lipinski definition) is 4. The molecule has 4 atom stereocenters. The van der Waals surface area contributed by atoms with Crippen molar-refractivity contribution in [3.8, 4) is 0 Å². The second kappa shape index (κ2) is 4.41. The molecular formula is C11H15N5O3. The van der Waals surface area contributed by atoms with Crippen LogP contribution in [0.5, 0.6) is 0 Å². The van der Waals surface area contributed by atoms with Gasteiger partial charge in [-0.05, 0) is 12.8 Å². The van der Waals surface area contributed by atoms with Crippen molar-refractivity contribution in [2.45, 2.75) is 37.2 Å². The monoisotopic (exact) mass is 265 g/mol. The number of hydrogen-bond acceptors (Lipinski definition) is 7. The Kier molecular flexibility index (Phi) is 2.85. The van der Waals surface area contributed by atoms with E-state index in [1.165, 1.54) is 12.7 Å². The minimum absolute atomic E-state index is 0.273. The van der Waals surface area contributed by atoms with Crippen molar-refractivity contribution in [1.29, 1.82) is 0 Å². The van der Waals surface area contributed by atoms with Crippen molar-refractivity contribution in [1.82, 2.24) is 19.5 Å². The summed E-state index contributed by atoms with van der Waals surface area (Å²) in [5.74, 6) is 0.273. The van der Waals surface area contributed by atoms with E-state index in [9.17, 15) is 15.3 Å². The van der Waals surface area contributed by atoms with Crippen LogP contribution in [0.25, 0.3) is 11.2 Å². The first-order chi connectivity index (χ1) is 9.09. The molecule has 1 fully saturated rings. The van der Waals surface area contributed by atoms with Crippen LogP contribution in [0.1, 0.15) is 18.9 Å². The topological polar surface area (TPSA) is 130 Å². The highest BCUT2D eigenvalue weighted by Crippen LogP contribution is 2.31. The molecule has 0 unspecified atom stereocenters. The van der Waals surface area contributed by atoms with Crippen LogP contribution in [0.15, 0.2) is 12.7 Å². The Bertz CT molecular complexity index is 601. The first-order valence-corrected chi connectivity index (χ1v) is 6.07. The Balaban J connectivity index is 2.03. The smallest absolute Gasteiger partial charge is 0.165 e. The van der Waals surface area contributed by atoms with E-state index in [0.717, 1.165) is 0 Å². The lowest BCUT2D eigenvalue weighted by atomic mass is 9.87. The van der Waals surface area contributed by atoms with E-state index in [-0.39, 0.29) is 5.82 Å². The maximum Gasteiger partial charge on any atom is 0.165 e. The minimum atomic E-state index is -1.17. The number of rotatable bonds is 1. The third-order valence-corrected chi connectivity index (χ3v) is 3.64. The first kappa shape index (κ1) is 12.3. The zero-order valence-corrected chi connectivity index (χ0v) is 10.1. The number of nitrogens with zero attached hydrogens (tertiary/aromatic N) is 4. The molecule has 1 aliphatic rings. The molecule has 3 rings (SSSR count). The van der Waals surface area contributed by atoms with E-state index in [1.807, 2.05) is 0 Å². The van der Waals surface area contributed by atoms with Crippen molar-refractivity contribution in [2.24, 2.45) is 0 Å². The molecule has 0 spiro atoms. The van der Waals surface area contributed by atoms with Crippen molar-refractivity contribution in [2.75, 3.05) is 5.73 Å². The zero-order chi connectivity index (χ0) is 13.6. The number of nitrogens with two attached hydrogens (primary N) is 1. The lowest BCUT2D eigenvalue weighted by molar-refractivity contribution is -0.105. The van der Waals surface area contributed by atoms with Crippen LogP contribution in [0.4, 0.5) is 5.82 Å². The maximum atomic E-state index is 10.1. The average Bonchev–Trinajstić information content (AvgIpc) is 2.82. The number of anilines is 1. The fourth-order valence-electron chi connectivity index (χ4n) is 2.55. The Morgan fingerprint density at radius 1 is 1.11 bits per heavy atom. The summed E-state index contributed by atoms with van der Waals surface area (Å²) >= 11 is 0. The van der Waals surface area contributed by atoms with Gasteiger partial charge in [-0.3, -0.25) is 0 Å². The molecule has 0 bridgehead atoms. The van der Waals surface area contributed by atoms with Gasteiger partial charge in [-0.25, -0.2) is 15.0 Å². The highest BCUT2D eigenvalue weighted by molar-refractivity contribution is 5.81. The molecule has 2 aromatic heterocycles. The molecule has 2 aromatic rings. The predicted molar refractivity (Wildman–Crippen MR) is 66.0 cm³/mol. The first-order valence-electron chi connectivity index (χ1n) is 6.07. The summed E-state index contributed by atoms with van der Waals surface area (Å²) in [6.45, 7) is 0. The standard InChI is InChI=1S/C11H15N5O3/c12-10-7-11(14-3-13-10)16(4-15-7)5-1-2-6(17)9(19)8(5)18/h3-6,8-9,17-19H,1-2H2,(H2,12,13,14)/t5-,6-,8-,9-/m0/s1. The van der Waals surface area contributed by atoms with Crippen LogP contribution < -0.4 is 5.73 Å². The number of aliphatic hydroxyl groups is 3. The number of fused-ring (bicyclic) bond motifs is 1. The third-order valence-electron chi connectivity index (χ3n) is 3.64. The van der Waals surface area contributed by atoms with Gasteiger partial charge in [0.25, 0.3) is 0 Å². The molecule has 2 heterocycles. The molecule has 1 aliphatic carbocycles. The second-order valence-corrected chi connectivity index (χ2v) is 4.78. The minimum Gasteiger partial charge on any atom is -0.390 e. The number of nitrogen functional groups attached to an aromatic ring is 1. The fourth-order valence-corrected chi connectivity index (χ4v) is 2.55. The summed E-state index contributed by atoms with van der Waals surface area (Å²) < 4.78 is 1.67. The quantitative estimate of drug-likeness (QED) is 0.511. The molecule has 0 aromatic carbocycles. The Morgan fingerprint density at radius 2 is 1.89 bits per heavy atom. The molecule has 0 aliphatic heterocycles. The van der Waals surface area contributed by atoms with Gasteiger partial charge < -0.3 is 25.6 Å². The fraction of sp³-hybridized carbons (Fsp3) is 0.545. The van der Waals surface area contributed by atoms with Gasteiger partial charge in [-0.15, -0.1) is 0 Å². The van der Waals surface area contributed by atoms with Crippen molar-refractivity contribution in [3.05, 3.63) is 12.7 Å². The van der Waals surface area contributed by atoms with Gasteiger partial charge in [-0.1, -0.05) is 0 Å². The maximum absolute atomic E-state index is 10.1. The molecule has 1 saturated carbocycles. The SMILES string of the molecule is Nc1ncnc2c1ncn2[C@H]1CC[C@H](O)[C@H](O)[C@H]1O. The summed E-state index contributed by atoms with van der Waals surface area (Å²) in [6, 6.07) is -0.391. The Labute approximate surface area is 108 Å². The van der Waals surface area contributed by atoms with Crippen LogP contribution in [0, 0.1) is 0 Å². The van der Waals surface area contributed by atoms with E-state index < -0.39 is 24.4 Å². The summed E-state index contributed by atoms with van der Waals surface area (Å²) in [7, 11) is 0. The molecule has 0 saturated heterocycles. The van der Waals surface area contributed by atoms with Gasteiger partial charge in [-0.2, -0.15) is 0 Å². The molecule has 8 heteroatoms. The largest absolute Gasteiger partial charge is 0.390 e. The summed E-state index contributed by atoms with van der Waals surface area (Å²) in [4.78, 5) is 12.1. The highest BCUT2D eigenvalue weighted by atomic mass is 16.4. The van der Waals surface area contributed by atoms with E-state index in [4.69, 9.17) is 5.73 Å². The van der Waals surface area contributed by atoms with Gasteiger partial charge >= 0.3 is 0 Å². The van der Waals surface area contributed by atoms with Crippen LogP contribution in [0.2, 0.25) is 0 Å². The highest BCUT2D eigenvalue weighted by Gasteiger charge is 2.38. The van der Waals surface area contributed by atoms with E-state index >= 15 is 0 Å². The summed E-state index contributed by atoms with van der Waals surface area (Å²) in [5.41, 5.74) is 6.69. The average molecular weight is 265 g/mol. The summed E-state index contributed by atoms with van der Waals surface area (Å²) in [5, 5.41) is 29.4. The molecule has 0 radical (unpaired) electrons. The normalized spacial score (nSPS) is 31.7. The van der Waals surface area contributed by atoms with Crippen LogP contribution in [0.3, 0.4) is 0 Å². The zero-order valence-electron chi connectivity index (χ0n) is 10.1. The lowest BCUT2D eigenvalue weighted by Crippen LogP contribution is -2.46. The van der Waals surface area contributed by atoms with Gasteiger partial charge in [0.15, 0.2) is 11.5 Å². The Morgan fingerprint density at radius 3 is 2.68 bits per heavy atom. The third kappa shape index (κ3) is 1.84. The van der Waals surface area contributed by atoms with E-state index in [2.05, 4.69) is 15.0 Å². The number of aromatic nitrogens is 4. The molecular weight excluding hydrogens is 250 g/mol. The van der Waals surface area contributed by atoms with Gasteiger partial charge in [0.2, 0.25) is 0 Å². The number of imidazole rings is 1. The van der Waals surface area contributed by atoms with Crippen LogP contribution in [-0.4, -0.2) is 53.2 Å². The van der Waals surface area contributed by atoms with Crippen molar-refractivity contribution >= 4 is 17.0 Å². The second-order valence-electron chi connectivity index (χ2n) is 4.78. The van der Waals surface area contributed by atoms with E-state index in [1.54, 1.807) is 4.57 Å². The summed E-state index contributed by atoms with van der Waals surface area (Å²) in [6.07, 6.45) is 0.635. The van der Waals surface area contributed by atoms with Gasteiger partial charge in [0.1, 0.15) is 24.1 Å². The van der Waals surface area contributed by atoms with Gasteiger partial charge in [0.05, 0.1) is 18.5 Å². The van der Waals surface area contributed by atoms with Crippen molar-refractivity contribution in [3.63, 3.8) is 0 Å². The Hall–Kier alpha value is -1.77. The molecule has 5 N–H and O–H groups in total. The number of aliphatic hydroxyl groups excluding tert-OH is 3. The van der Waals surface area contributed by atoms with Crippen LogP contribution in [-0.2, 0) is 0 Å². The molecule has 19 heavy (non-hydrogen) atoms. The van der Waals surface area contributed by atoms with Crippen molar-refractivity contribution < 1.29 is 15.3 Å². The van der Waals surface area contributed by atoms with E-state index in [0.29, 0.717) is 24.0 Å². The molecule has 0 amide bonds. The van der Waals surface area contributed by atoms with Gasteiger partial charge in [0, 0.05) is 0 Å². The molecule has 102 valence electrons. The lowest BCUT2D eigenvalue weighted by Gasteiger charge is -2.35. The van der Waals surface area contributed by atoms with Crippen LogP contribution >= 0.6 is 0 Å². The molecule has 8 nitrogen and oxygen atoms in total. The predicted octanol–water partition coefficient (Wildman–Crippen LogP) is -1.17.